The van der Waals surface area contributed by atoms with Crippen molar-refractivity contribution in [2.24, 2.45) is 5.73 Å². The summed E-state index contributed by atoms with van der Waals surface area (Å²) in [7, 11) is 0. The SMILES string of the molecule is NC(=O)CCNCC(O)c1cccc(F)c1. The molecule has 0 heterocycles. The molecule has 0 spiro atoms. The Labute approximate surface area is 93.3 Å². The summed E-state index contributed by atoms with van der Waals surface area (Å²) >= 11 is 0. The van der Waals surface area contributed by atoms with Crippen LogP contribution in [0.2, 0.25) is 0 Å². The maximum atomic E-state index is 12.8. The molecular weight excluding hydrogens is 211 g/mol. The fraction of sp³-hybridized carbons (Fsp3) is 0.364. The van der Waals surface area contributed by atoms with E-state index in [9.17, 15) is 14.3 Å². The molecule has 0 aromatic heterocycles. The number of hydrogen-bond acceptors (Lipinski definition) is 3. The molecule has 0 aliphatic heterocycles. The topological polar surface area (TPSA) is 75.4 Å². The largest absolute Gasteiger partial charge is 0.387 e. The highest BCUT2D eigenvalue weighted by atomic mass is 19.1. The van der Waals surface area contributed by atoms with Gasteiger partial charge in [-0.05, 0) is 17.7 Å². The second kappa shape index (κ2) is 6.19. The molecule has 4 nitrogen and oxygen atoms in total. The number of halogens is 1. The van der Waals surface area contributed by atoms with Crippen molar-refractivity contribution in [2.45, 2.75) is 12.5 Å². The first-order chi connectivity index (χ1) is 7.59. The van der Waals surface area contributed by atoms with Crippen LogP contribution < -0.4 is 11.1 Å². The molecule has 0 saturated carbocycles. The lowest BCUT2D eigenvalue weighted by Gasteiger charge is -2.11. The first-order valence-corrected chi connectivity index (χ1v) is 5.02. The van der Waals surface area contributed by atoms with E-state index in [4.69, 9.17) is 5.73 Å². The number of carbonyl (C=O) groups is 1. The third-order valence-electron chi connectivity index (χ3n) is 2.12. The Morgan fingerprint density at radius 2 is 2.31 bits per heavy atom. The van der Waals surface area contributed by atoms with E-state index in [-0.39, 0.29) is 18.8 Å². The minimum atomic E-state index is -0.788. The minimum absolute atomic E-state index is 0.218. The fourth-order valence-electron chi connectivity index (χ4n) is 1.28. The number of benzene rings is 1. The lowest BCUT2D eigenvalue weighted by Crippen LogP contribution is -2.26. The van der Waals surface area contributed by atoms with Gasteiger partial charge in [0.05, 0.1) is 6.10 Å². The molecule has 1 atom stereocenters. The molecule has 1 aromatic carbocycles. The summed E-state index contributed by atoms with van der Waals surface area (Å²) in [6.07, 6.45) is -0.570. The van der Waals surface area contributed by atoms with E-state index in [1.54, 1.807) is 6.07 Å². The van der Waals surface area contributed by atoms with Crippen molar-refractivity contribution in [1.82, 2.24) is 5.32 Å². The summed E-state index contributed by atoms with van der Waals surface area (Å²) in [4.78, 5) is 10.4. The summed E-state index contributed by atoms with van der Waals surface area (Å²) < 4.78 is 12.8. The zero-order chi connectivity index (χ0) is 12.0. The number of aliphatic hydroxyl groups is 1. The molecule has 16 heavy (non-hydrogen) atoms. The van der Waals surface area contributed by atoms with E-state index in [0.717, 1.165) is 0 Å². The fourth-order valence-corrected chi connectivity index (χ4v) is 1.28. The number of nitrogens with two attached hydrogens (primary N) is 1. The molecule has 0 radical (unpaired) electrons. The normalized spacial score (nSPS) is 12.4. The van der Waals surface area contributed by atoms with Crippen molar-refractivity contribution in [3.8, 4) is 0 Å². The van der Waals surface area contributed by atoms with Crippen LogP contribution in [0.3, 0.4) is 0 Å². The highest BCUT2D eigenvalue weighted by molar-refractivity contribution is 5.73. The Morgan fingerprint density at radius 3 is 2.94 bits per heavy atom. The molecule has 0 saturated heterocycles. The van der Waals surface area contributed by atoms with Gasteiger partial charge in [-0.1, -0.05) is 12.1 Å². The number of aliphatic hydroxyl groups excluding tert-OH is 1. The van der Waals surface area contributed by atoms with Gasteiger partial charge in [0.25, 0.3) is 0 Å². The van der Waals surface area contributed by atoms with Gasteiger partial charge in [0.15, 0.2) is 0 Å². The van der Waals surface area contributed by atoms with Crippen LogP contribution in [0, 0.1) is 5.82 Å². The first-order valence-electron chi connectivity index (χ1n) is 5.02. The smallest absolute Gasteiger partial charge is 0.218 e. The van der Waals surface area contributed by atoms with Crippen LogP contribution in [-0.2, 0) is 4.79 Å². The summed E-state index contributed by atoms with van der Waals surface area (Å²) in [5, 5.41) is 12.5. The Bertz CT molecular complexity index is 358. The number of carbonyl (C=O) groups excluding carboxylic acids is 1. The standard InChI is InChI=1S/C11H15FN2O2/c12-9-3-1-2-8(6-9)10(15)7-14-5-4-11(13)16/h1-3,6,10,14-15H,4-5,7H2,(H2,13,16). The van der Waals surface area contributed by atoms with Gasteiger partial charge >= 0.3 is 0 Å². The third kappa shape index (κ3) is 4.37. The van der Waals surface area contributed by atoms with Gasteiger partial charge in [0.1, 0.15) is 5.82 Å². The quantitative estimate of drug-likeness (QED) is 0.612. The Balaban J connectivity index is 2.35. The monoisotopic (exact) mass is 226 g/mol. The van der Waals surface area contributed by atoms with Crippen LogP contribution >= 0.6 is 0 Å². The summed E-state index contributed by atoms with van der Waals surface area (Å²) in [5.74, 6) is -0.776. The second-order valence-corrected chi connectivity index (χ2v) is 3.49. The first kappa shape index (κ1) is 12.6. The second-order valence-electron chi connectivity index (χ2n) is 3.49. The van der Waals surface area contributed by atoms with Gasteiger partial charge in [0.2, 0.25) is 5.91 Å². The van der Waals surface area contributed by atoms with Crippen LogP contribution in [0.1, 0.15) is 18.1 Å². The molecule has 0 bridgehead atoms. The zero-order valence-corrected chi connectivity index (χ0v) is 8.82. The molecule has 4 N–H and O–H groups in total. The highest BCUT2D eigenvalue weighted by Gasteiger charge is 2.07. The molecule has 1 rings (SSSR count). The van der Waals surface area contributed by atoms with Crippen molar-refractivity contribution in [3.63, 3.8) is 0 Å². The third-order valence-corrected chi connectivity index (χ3v) is 2.12. The van der Waals surface area contributed by atoms with Crippen LogP contribution in [0.25, 0.3) is 0 Å². The number of amides is 1. The maximum Gasteiger partial charge on any atom is 0.218 e. The highest BCUT2D eigenvalue weighted by Crippen LogP contribution is 2.12. The van der Waals surface area contributed by atoms with E-state index >= 15 is 0 Å². The van der Waals surface area contributed by atoms with Gasteiger partial charge in [-0.3, -0.25) is 4.79 Å². The van der Waals surface area contributed by atoms with E-state index in [1.165, 1.54) is 18.2 Å². The van der Waals surface area contributed by atoms with E-state index in [1.807, 2.05) is 0 Å². The van der Waals surface area contributed by atoms with Crippen LogP contribution in [-0.4, -0.2) is 24.1 Å². The van der Waals surface area contributed by atoms with Crippen LogP contribution in [0.5, 0.6) is 0 Å². The Hall–Kier alpha value is -1.46. The van der Waals surface area contributed by atoms with Crippen LogP contribution in [0.4, 0.5) is 4.39 Å². The predicted octanol–water partition coefficient (Wildman–Crippen LogP) is 0.324. The zero-order valence-electron chi connectivity index (χ0n) is 8.82. The van der Waals surface area contributed by atoms with Gasteiger partial charge < -0.3 is 16.2 Å². The molecule has 1 amide bonds. The minimum Gasteiger partial charge on any atom is -0.387 e. The lowest BCUT2D eigenvalue weighted by atomic mass is 10.1. The van der Waals surface area contributed by atoms with Gasteiger partial charge in [0, 0.05) is 19.5 Å². The van der Waals surface area contributed by atoms with Crippen molar-refractivity contribution in [3.05, 3.63) is 35.6 Å². The average Bonchev–Trinajstić information content (AvgIpc) is 2.24. The average molecular weight is 226 g/mol. The molecule has 0 fully saturated rings. The van der Waals surface area contributed by atoms with Crippen molar-refractivity contribution in [1.29, 1.82) is 0 Å². The van der Waals surface area contributed by atoms with E-state index < -0.39 is 12.0 Å². The Kier molecular flexibility index (Phi) is 4.88. The van der Waals surface area contributed by atoms with Crippen LogP contribution in [0.15, 0.2) is 24.3 Å². The predicted molar refractivity (Wildman–Crippen MR) is 58.0 cm³/mol. The van der Waals surface area contributed by atoms with Crippen molar-refractivity contribution in [2.75, 3.05) is 13.1 Å². The molecule has 0 aliphatic carbocycles. The number of nitrogens with one attached hydrogen (secondary N) is 1. The number of primary amides is 1. The van der Waals surface area contributed by atoms with Gasteiger partial charge in [-0.15, -0.1) is 0 Å². The molecule has 1 unspecified atom stereocenters. The van der Waals surface area contributed by atoms with E-state index in [0.29, 0.717) is 12.1 Å². The lowest BCUT2D eigenvalue weighted by molar-refractivity contribution is -0.117. The molecule has 88 valence electrons. The summed E-state index contributed by atoms with van der Waals surface area (Å²) in [5.41, 5.74) is 5.46. The number of hydrogen-bond donors (Lipinski definition) is 3. The Morgan fingerprint density at radius 1 is 1.56 bits per heavy atom. The molecule has 1 aromatic rings. The van der Waals surface area contributed by atoms with Gasteiger partial charge in [-0.25, -0.2) is 4.39 Å². The van der Waals surface area contributed by atoms with Crippen molar-refractivity contribution < 1.29 is 14.3 Å². The van der Waals surface area contributed by atoms with Gasteiger partial charge in [-0.2, -0.15) is 0 Å². The maximum absolute atomic E-state index is 12.8. The molecular formula is C11H15FN2O2. The molecule has 0 aliphatic rings. The number of rotatable bonds is 6. The summed E-state index contributed by atoms with van der Waals surface area (Å²) in [6.45, 7) is 0.665. The molecule has 5 heteroatoms. The summed E-state index contributed by atoms with van der Waals surface area (Å²) in [6, 6.07) is 5.78. The van der Waals surface area contributed by atoms with Crippen molar-refractivity contribution >= 4 is 5.91 Å². The van der Waals surface area contributed by atoms with E-state index in [2.05, 4.69) is 5.32 Å².